The van der Waals surface area contributed by atoms with Gasteiger partial charge in [-0.2, -0.15) is 0 Å². The van der Waals surface area contributed by atoms with Crippen molar-refractivity contribution in [2.45, 2.75) is 13.8 Å². The third-order valence-corrected chi connectivity index (χ3v) is 4.83. The monoisotopic (exact) mass is 356 g/mol. The number of aromatic nitrogens is 1. The SMILES string of the molecule is Cc1ccc(NC(=O)c2c(Br)c3ccccc3n2C)cc1C. The van der Waals surface area contributed by atoms with Crippen LogP contribution in [0.1, 0.15) is 21.6 Å². The van der Waals surface area contributed by atoms with E-state index in [0.717, 1.165) is 26.6 Å². The van der Waals surface area contributed by atoms with E-state index in [2.05, 4.69) is 28.2 Å². The van der Waals surface area contributed by atoms with Crippen molar-refractivity contribution < 1.29 is 4.79 Å². The fourth-order valence-electron chi connectivity index (χ4n) is 2.61. The van der Waals surface area contributed by atoms with Gasteiger partial charge in [0.15, 0.2) is 0 Å². The van der Waals surface area contributed by atoms with Gasteiger partial charge in [0.25, 0.3) is 5.91 Å². The number of halogens is 1. The van der Waals surface area contributed by atoms with E-state index < -0.39 is 0 Å². The number of nitrogens with one attached hydrogen (secondary N) is 1. The molecule has 0 unspecified atom stereocenters. The van der Waals surface area contributed by atoms with Gasteiger partial charge in [-0.15, -0.1) is 0 Å². The number of carbonyl (C=O) groups is 1. The summed E-state index contributed by atoms with van der Waals surface area (Å²) in [6.07, 6.45) is 0. The molecule has 0 aliphatic rings. The van der Waals surface area contributed by atoms with Crippen molar-refractivity contribution in [1.82, 2.24) is 4.57 Å². The number of para-hydroxylation sites is 1. The molecule has 2 aromatic carbocycles. The number of rotatable bonds is 2. The van der Waals surface area contributed by atoms with Crippen LogP contribution in [0, 0.1) is 13.8 Å². The number of amides is 1. The van der Waals surface area contributed by atoms with Crippen LogP contribution in [0.4, 0.5) is 5.69 Å². The van der Waals surface area contributed by atoms with Gasteiger partial charge in [-0.05, 0) is 59.1 Å². The average molecular weight is 357 g/mol. The number of fused-ring (bicyclic) bond motifs is 1. The van der Waals surface area contributed by atoms with Gasteiger partial charge < -0.3 is 9.88 Å². The van der Waals surface area contributed by atoms with E-state index in [1.165, 1.54) is 5.56 Å². The second-order valence-corrected chi connectivity index (χ2v) is 6.28. The number of benzene rings is 2. The Morgan fingerprint density at radius 2 is 1.82 bits per heavy atom. The molecule has 1 aromatic heterocycles. The molecule has 3 rings (SSSR count). The van der Waals surface area contributed by atoms with E-state index in [4.69, 9.17) is 0 Å². The predicted octanol–water partition coefficient (Wildman–Crippen LogP) is 4.81. The highest BCUT2D eigenvalue weighted by atomic mass is 79.9. The van der Waals surface area contributed by atoms with E-state index in [0.29, 0.717) is 5.69 Å². The summed E-state index contributed by atoms with van der Waals surface area (Å²) < 4.78 is 2.74. The maximum absolute atomic E-state index is 12.7. The number of carbonyl (C=O) groups excluding carboxylic acids is 1. The third-order valence-electron chi connectivity index (χ3n) is 4.03. The minimum absolute atomic E-state index is 0.117. The average Bonchev–Trinajstić information content (AvgIpc) is 2.75. The first-order valence-electron chi connectivity index (χ1n) is 7.10. The highest BCUT2D eigenvalue weighted by molar-refractivity contribution is 9.10. The van der Waals surface area contributed by atoms with Crippen LogP contribution in [0.2, 0.25) is 0 Å². The Morgan fingerprint density at radius 3 is 2.50 bits per heavy atom. The second-order valence-electron chi connectivity index (χ2n) is 5.49. The summed E-state index contributed by atoms with van der Waals surface area (Å²) in [4.78, 5) is 12.7. The van der Waals surface area contributed by atoms with Crippen LogP contribution in [-0.2, 0) is 7.05 Å². The van der Waals surface area contributed by atoms with Gasteiger partial charge in [0, 0.05) is 23.6 Å². The maximum Gasteiger partial charge on any atom is 0.273 e. The zero-order valence-corrected chi connectivity index (χ0v) is 14.4. The first-order valence-corrected chi connectivity index (χ1v) is 7.90. The molecule has 3 nitrogen and oxygen atoms in total. The standard InChI is InChI=1S/C18H17BrN2O/c1-11-8-9-13(10-12(11)2)20-18(22)17-16(19)14-6-4-5-7-15(14)21(17)3/h4-10H,1-3H3,(H,20,22). The summed E-state index contributed by atoms with van der Waals surface area (Å²) in [5.41, 5.74) is 4.84. The lowest BCUT2D eigenvalue weighted by Gasteiger charge is -2.09. The molecule has 1 heterocycles. The Bertz CT molecular complexity index is 841. The summed E-state index contributed by atoms with van der Waals surface area (Å²) in [7, 11) is 1.91. The van der Waals surface area contributed by atoms with Crippen LogP contribution in [0.5, 0.6) is 0 Å². The van der Waals surface area contributed by atoms with Gasteiger partial charge in [0.1, 0.15) is 5.69 Å². The van der Waals surface area contributed by atoms with Crippen molar-refractivity contribution in [3.8, 4) is 0 Å². The van der Waals surface area contributed by atoms with Crippen LogP contribution in [0.15, 0.2) is 46.9 Å². The van der Waals surface area contributed by atoms with Crippen molar-refractivity contribution >= 4 is 38.4 Å². The van der Waals surface area contributed by atoms with Crippen molar-refractivity contribution in [1.29, 1.82) is 0 Å². The molecule has 0 fully saturated rings. The van der Waals surface area contributed by atoms with Gasteiger partial charge in [0.2, 0.25) is 0 Å². The van der Waals surface area contributed by atoms with E-state index in [1.807, 2.05) is 61.0 Å². The zero-order chi connectivity index (χ0) is 15.9. The first kappa shape index (κ1) is 14.9. The fourth-order valence-corrected chi connectivity index (χ4v) is 3.39. The number of hydrogen-bond acceptors (Lipinski definition) is 1. The summed E-state index contributed by atoms with van der Waals surface area (Å²) in [5, 5.41) is 4.02. The van der Waals surface area contributed by atoms with Crippen LogP contribution < -0.4 is 5.32 Å². The zero-order valence-electron chi connectivity index (χ0n) is 12.8. The third kappa shape index (κ3) is 2.44. The van der Waals surface area contributed by atoms with Crippen LogP contribution >= 0.6 is 15.9 Å². The quantitative estimate of drug-likeness (QED) is 0.702. The minimum atomic E-state index is -0.117. The molecule has 0 aliphatic carbocycles. The Hall–Kier alpha value is -2.07. The molecule has 0 saturated carbocycles. The number of anilines is 1. The van der Waals surface area contributed by atoms with Crippen LogP contribution in [0.3, 0.4) is 0 Å². The number of hydrogen-bond donors (Lipinski definition) is 1. The lowest BCUT2D eigenvalue weighted by atomic mass is 10.1. The molecule has 3 aromatic rings. The lowest BCUT2D eigenvalue weighted by molar-refractivity contribution is 0.101. The topological polar surface area (TPSA) is 34.0 Å². The molecule has 0 saturated heterocycles. The molecule has 0 radical (unpaired) electrons. The summed E-state index contributed by atoms with van der Waals surface area (Å²) >= 11 is 3.56. The van der Waals surface area contributed by atoms with E-state index >= 15 is 0 Å². The Balaban J connectivity index is 2.00. The van der Waals surface area contributed by atoms with Crippen LogP contribution in [0.25, 0.3) is 10.9 Å². The van der Waals surface area contributed by atoms with Gasteiger partial charge in [-0.3, -0.25) is 4.79 Å². The molecule has 0 spiro atoms. The predicted molar refractivity (Wildman–Crippen MR) is 94.5 cm³/mol. The van der Waals surface area contributed by atoms with E-state index in [1.54, 1.807) is 0 Å². The molecule has 1 amide bonds. The summed E-state index contributed by atoms with van der Waals surface area (Å²) in [6, 6.07) is 13.9. The molecule has 112 valence electrons. The highest BCUT2D eigenvalue weighted by Crippen LogP contribution is 2.30. The number of aryl methyl sites for hydroxylation is 3. The molecule has 4 heteroatoms. The Labute approximate surface area is 138 Å². The summed E-state index contributed by atoms with van der Waals surface area (Å²) in [6.45, 7) is 4.10. The highest BCUT2D eigenvalue weighted by Gasteiger charge is 2.19. The first-order chi connectivity index (χ1) is 10.5. The molecule has 0 bridgehead atoms. The van der Waals surface area contributed by atoms with Crippen molar-refractivity contribution in [2.75, 3.05) is 5.32 Å². The van der Waals surface area contributed by atoms with Crippen molar-refractivity contribution in [2.24, 2.45) is 7.05 Å². The molecular weight excluding hydrogens is 340 g/mol. The van der Waals surface area contributed by atoms with Gasteiger partial charge >= 0.3 is 0 Å². The molecule has 0 atom stereocenters. The Kier molecular flexibility index (Phi) is 3.79. The largest absolute Gasteiger partial charge is 0.339 e. The molecule has 1 N–H and O–H groups in total. The summed E-state index contributed by atoms with van der Waals surface area (Å²) in [5.74, 6) is -0.117. The fraction of sp³-hybridized carbons (Fsp3) is 0.167. The van der Waals surface area contributed by atoms with Gasteiger partial charge in [-0.25, -0.2) is 0 Å². The molecule has 22 heavy (non-hydrogen) atoms. The maximum atomic E-state index is 12.7. The van der Waals surface area contributed by atoms with Crippen LogP contribution in [-0.4, -0.2) is 10.5 Å². The lowest BCUT2D eigenvalue weighted by Crippen LogP contribution is -2.16. The smallest absolute Gasteiger partial charge is 0.273 e. The Morgan fingerprint density at radius 1 is 1.09 bits per heavy atom. The number of nitrogens with zero attached hydrogens (tertiary/aromatic N) is 1. The van der Waals surface area contributed by atoms with Crippen molar-refractivity contribution in [3.63, 3.8) is 0 Å². The minimum Gasteiger partial charge on any atom is -0.339 e. The van der Waals surface area contributed by atoms with E-state index in [9.17, 15) is 4.79 Å². The van der Waals surface area contributed by atoms with Gasteiger partial charge in [0.05, 0.1) is 4.47 Å². The molecular formula is C18H17BrN2O. The molecule has 0 aliphatic heterocycles. The van der Waals surface area contributed by atoms with Gasteiger partial charge in [-0.1, -0.05) is 24.3 Å². The van der Waals surface area contributed by atoms with E-state index in [-0.39, 0.29) is 5.91 Å². The van der Waals surface area contributed by atoms with Crippen molar-refractivity contribution in [3.05, 3.63) is 63.8 Å². The normalized spacial score (nSPS) is 10.9. The second kappa shape index (κ2) is 5.61.